The molecule has 0 aliphatic carbocycles. The van der Waals surface area contributed by atoms with E-state index in [1.54, 1.807) is 56.3 Å². The molecule has 1 N–H and O–H groups in total. The van der Waals surface area contributed by atoms with Crippen LogP contribution >= 0.6 is 39.1 Å². The molecule has 0 saturated carbocycles. The van der Waals surface area contributed by atoms with Crippen LogP contribution in [0.5, 0.6) is 17.4 Å². The normalized spacial score (nSPS) is 11.9. The lowest BCUT2D eigenvalue weighted by molar-refractivity contribution is -0.145. The highest BCUT2D eigenvalue weighted by molar-refractivity contribution is 9.10. The van der Waals surface area contributed by atoms with Crippen molar-refractivity contribution in [1.82, 2.24) is 19.7 Å². The Morgan fingerprint density at radius 2 is 1.63 bits per heavy atom. The number of esters is 1. The number of fused-ring (bicyclic) bond motifs is 1. The van der Waals surface area contributed by atoms with Gasteiger partial charge in [0.2, 0.25) is 5.88 Å². The van der Waals surface area contributed by atoms with Crippen molar-refractivity contribution in [3.8, 4) is 28.6 Å². The molecule has 0 saturated heterocycles. The molecule has 1 unspecified atom stereocenters. The molecule has 2 aromatic heterocycles. The van der Waals surface area contributed by atoms with E-state index in [9.17, 15) is 27.2 Å². The lowest BCUT2D eigenvalue weighted by Crippen LogP contribution is -2.22. The summed E-state index contributed by atoms with van der Waals surface area (Å²) in [4.78, 5) is 31.4. The monoisotopic (exact) mass is 786 g/mol. The molecule has 0 aliphatic rings. The van der Waals surface area contributed by atoms with Crippen molar-refractivity contribution in [2.24, 2.45) is 7.05 Å². The Morgan fingerprint density at radius 1 is 0.980 bits per heavy atom. The molecule has 0 aliphatic heterocycles. The molecule has 0 bridgehead atoms. The first kappa shape index (κ1) is 37.4. The lowest BCUT2D eigenvalue weighted by Gasteiger charge is -2.11. The van der Waals surface area contributed by atoms with Crippen molar-refractivity contribution in [2.75, 3.05) is 0 Å². The van der Waals surface area contributed by atoms with Gasteiger partial charge in [-0.25, -0.2) is 23.9 Å². The summed E-state index contributed by atoms with van der Waals surface area (Å²) >= 11 is 14.6. The van der Waals surface area contributed by atoms with Crippen LogP contribution in [0.25, 0.3) is 22.3 Å². The molecule has 0 amide bonds. The average Bonchev–Trinajstić information content (AvgIpc) is 3.31. The molecule has 1 atom stereocenters. The van der Waals surface area contributed by atoms with Crippen molar-refractivity contribution in [2.45, 2.75) is 39.2 Å². The molecule has 5 aromatic rings. The van der Waals surface area contributed by atoms with Crippen molar-refractivity contribution in [3.63, 3.8) is 0 Å². The maximum Gasteiger partial charge on any atom is 0.434 e. The van der Waals surface area contributed by atoms with Crippen molar-refractivity contribution in [3.05, 3.63) is 92.4 Å². The van der Waals surface area contributed by atoms with Crippen LogP contribution in [0.4, 0.5) is 17.6 Å². The second kappa shape index (κ2) is 15.4. The van der Waals surface area contributed by atoms with Crippen LogP contribution in [0.3, 0.4) is 0 Å². The molecule has 2 heterocycles. The van der Waals surface area contributed by atoms with Crippen molar-refractivity contribution < 1.29 is 46.5 Å². The number of hydrogen-bond acceptors (Lipinski definition) is 8. The highest BCUT2D eigenvalue weighted by Gasteiger charge is 2.39. The number of rotatable bonds is 8. The van der Waals surface area contributed by atoms with E-state index in [0.717, 1.165) is 19.2 Å². The number of nitrogens with zero attached hydrogens (tertiary/aromatic N) is 4. The van der Waals surface area contributed by atoms with Gasteiger partial charge in [-0.2, -0.15) is 18.3 Å². The van der Waals surface area contributed by atoms with E-state index >= 15 is 0 Å². The van der Waals surface area contributed by atoms with Crippen LogP contribution in [-0.2, 0) is 22.8 Å². The van der Waals surface area contributed by atoms with Gasteiger partial charge in [-0.15, -0.1) is 0 Å². The summed E-state index contributed by atoms with van der Waals surface area (Å²) in [5.41, 5.74) is -0.505. The number of ether oxygens (including phenoxy) is 3. The summed E-state index contributed by atoms with van der Waals surface area (Å²) in [5, 5.41) is 12.9. The predicted molar refractivity (Wildman–Crippen MR) is 176 cm³/mol. The molecule has 17 heteroatoms. The summed E-state index contributed by atoms with van der Waals surface area (Å²) in [7, 11) is 1.08. The third kappa shape index (κ3) is 9.37. The van der Waals surface area contributed by atoms with Gasteiger partial charge in [-0.3, -0.25) is 4.68 Å². The Labute approximate surface area is 294 Å². The second-order valence-electron chi connectivity index (χ2n) is 10.4. The maximum absolute atomic E-state index is 14.3. The Bertz CT molecular complexity index is 2010. The number of aromatic nitrogens is 4. The first-order valence-electron chi connectivity index (χ1n) is 14.0. The number of carboxylic acids is 1. The number of alkyl halides is 3. The number of carboxylic acid groups (broad SMARTS) is 1. The fraction of sp³-hybridized carbons (Fsp3) is 0.219. The van der Waals surface area contributed by atoms with Gasteiger partial charge in [0.15, 0.2) is 11.8 Å². The van der Waals surface area contributed by atoms with E-state index in [4.69, 9.17) is 42.5 Å². The minimum Gasteiger partial charge on any atom is -0.479 e. The number of benzene rings is 3. The molecule has 49 heavy (non-hydrogen) atoms. The van der Waals surface area contributed by atoms with Crippen LogP contribution in [-0.4, -0.2) is 49.0 Å². The van der Waals surface area contributed by atoms with Gasteiger partial charge in [-0.05, 0) is 91.3 Å². The third-order valence-corrected chi connectivity index (χ3v) is 7.62. The lowest BCUT2D eigenvalue weighted by atomic mass is 10.1. The summed E-state index contributed by atoms with van der Waals surface area (Å²) in [5.74, 6) is -1.44. The standard InChI is InChI=1S/C17H13ClN2O4.C15H12BrClF4N2O2/c1-10(17(21)22)23-12-3-5-13(6-4-12)24-16-9-19-15-8-11(18)2-7-14(15)20-16;1-6(2)25-14(24)7-4-8(10(18)5-9(7)17)12-11(16)13(15(19,20)21)23(3)22-12/h2-10H,1H3,(H,21,22);4-6H,1-3H3. The number of aliphatic carboxylic acids is 1. The summed E-state index contributed by atoms with van der Waals surface area (Å²) in [6.07, 6.45) is -4.55. The zero-order valence-corrected chi connectivity index (χ0v) is 28.9. The van der Waals surface area contributed by atoms with Gasteiger partial charge >= 0.3 is 18.1 Å². The molecule has 10 nitrogen and oxygen atoms in total. The van der Waals surface area contributed by atoms with Gasteiger partial charge in [0, 0.05) is 17.6 Å². The summed E-state index contributed by atoms with van der Waals surface area (Å²) in [6, 6.07) is 13.7. The van der Waals surface area contributed by atoms with Gasteiger partial charge < -0.3 is 19.3 Å². The first-order chi connectivity index (χ1) is 22.9. The van der Waals surface area contributed by atoms with E-state index in [1.807, 2.05) is 0 Å². The number of aryl methyl sites for hydroxylation is 1. The van der Waals surface area contributed by atoms with Crippen LogP contribution in [0.2, 0.25) is 10.0 Å². The maximum atomic E-state index is 14.3. The minimum atomic E-state index is -4.69. The summed E-state index contributed by atoms with van der Waals surface area (Å²) in [6.45, 7) is 4.69. The van der Waals surface area contributed by atoms with E-state index in [2.05, 4.69) is 31.0 Å². The molecular weight excluding hydrogens is 763 g/mol. The quantitative estimate of drug-likeness (QED) is 0.121. The van der Waals surface area contributed by atoms with Gasteiger partial charge in [-0.1, -0.05) is 23.2 Å². The van der Waals surface area contributed by atoms with Gasteiger partial charge in [0.1, 0.15) is 23.0 Å². The Balaban J connectivity index is 0.000000221. The zero-order valence-electron chi connectivity index (χ0n) is 25.9. The molecule has 0 fully saturated rings. The topological polar surface area (TPSA) is 126 Å². The van der Waals surface area contributed by atoms with E-state index < -0.39 is 46.3 Å². The van der Waals surface area contributed by atoms with Gasteiger partial charge in [0.25, 0.3) is 0 Å². The number of carbonyl (C=O) groups excluding carboxylic acids is 1. The number of halogens is 7. The van der Waals surface area contributed by atoms with Crippen LogP contribution in [0.15, 0.2) is 65.3 Å². The fourth-order valence-corrected chi connectivity index (χ4v) is 5.29. The highest BCUT2D eigenvalue weighted by Crippen LogP contribution is 2.41. The Hall–Kier alpha value is -4.47. The van der Waals surface area contributed by atoms with E-state index in [1.165, 1.54) is 13.1 Å². The molecule has 0 spiro atoms. The third-order valence-electron chi connectivity index (χ3n) is 6.32. The summed E-state index contributed by atoms with van der Waals surface area (Å²) < 4.78 is 69.5. The fourth-order valence-electron chi connectivity index (χ4n) is 4.12. The number of hydrogen-bond donors (Lipinski definition) is 1. The molecule has 3 aromatic carbocycles. The molecular formula is C32H25BrCl2F4N4O6. The Morgan fingerprint density at radius 3 is 2.22 bits per heavy atom. The smallest absolute Gasteiger partial charge is 0.434 e. The Kier molecular flexibility index (Phi) is 11.7. The predicted octanol–water partition coefficient (Wildman–Crippen LogP) is 9.15. The highest BCUT2D eigenvalue weighted by atomic mass is 79.9. The first-order valence-corrected chi connectivity index (χ1v) is 15.6. The zero-order chi connectivity index (χ0) is 36.2. The number of carbonyl (C=O) groups is 2. The van der Waals surface area contributed by atoms with Crippen LogP contribution in [0, 0.1) is 5.82 Å². The SMILES string of the molecule is CC(C)OC(=O)c1cc(-c2nn(C)c(C(F)(F)F)c2Br)c(F)cc1Cl.CC(Oc1ccc(Oc2cnc3cc(Cl)ccc3n2)cc1)C(=O)O. The molecule has 258 valence electrons. The van der Waals surface area contributed by atoms with Crippen molar-refractivity contribution in [1.29, 1.82) is 0 Å². The van der Waals surface area contributed by atoms with Crippen molar-refractivity contribution >= 4 is 62.1 Å². The van der Waals surface area contributed by atoms with Crippen LogP contribution in [0.1, 0.15) is 36.8 Å². The minimum absolute atomic E-state index is 0.169. The van der Waals surface area contributed by atoms with Gasteiger partial charge in [0.05, 0.1) is 38.4 Å². The largest absolute Gasteiger partial charge is 0.479 e. The average molecular weight is 788 g/mol. The van der Waals surface area contributed by atoms with Crippen LogP contribution < -0.4 is 9.47 Å². The van der Waals surface area contributed by atoms with E-state index in [0.29, 0.717) is 38.1 Å². The van der Waals surface area contributed by atoms with E-state index in [-0.39, 0.29) is 21.8 Å². The molecule has 0 radical (unpaired) electrons. The molecule has 5 rings (SSSR count). The second-order valence-corrected chi connectivity index (χ2v) is 12.0.